The van der Waals surface area contributed by atoms with Gasteiger partial charge >= 0.3 is 5.97 Å². The Morgan fingerprint density at radius 3 is 2.65 bits per heavy atom. The summed E-state index contributed by atoms with van der Waals surface area (Å²) in [4.78, 5) is 21.9. The topological polar surface area (TPSA) is 75.6 Å². The summed E-state index contributed by atoms with van der Waals surface area (Å²) in [7, 11) is 3.01. The highest BCUT2D eigenvalue weighted by atomic mass is 16.5. The molecule has 0 bridgehead atoms. The van der Waals surface area contributed by atoms with E-state index in [-0.39, 0.29) is 5.91 Å². The number of carboxylic acids is 1. The Kier molecular flexibility index (Phi) is 4.28. The van der Waals surface area contributed by atoms with Crippen LogP contribution in [0.5, 0.6) is 5.75 Å². The van der Waals surface area contributed by atoms with Crippen LogP contribution in [0.3, 0.4) is 0 Å². The minimum absolute atomic E-state index is 0.238. The Hall–Kier alpha value is -2.30. The quantitative estimate of drug-likeness (QED) is 0.768. The van der Waals surface area contributed by atoms with Crippen molar-refractivity contribution in [1.82, 2.24) is 5.32 Å². The molecule has 0 atom stereocenters. The summed E-state index contributed by atoms with van der Waals surface area (Å²) in [5.41, 5.74) is 0.981. The predicted octanol–water partition coefficient (Wildman–Crippen LogP) is 1.15. The zero-order valence-corrected chi connectivity index (χ0v) is 9.56. The third kappa shape index (κ3) is 3.34. The number of amides is 1. The van der Waals surface area contributed by atoms with Gasteiger partial charge in [0.2, 0.25) is 0 Å². The largest absolute Gasteiger partial charge is 0.496 e. The standard InChI is InChI=1S/C12H13NO4/c1-13-12(16)9-3-5-10(17-2)8(7-9)4-6-11(14)15/h3-7H,1-2H3,(H,13,16)(H,14,15). The van der Waals surface area contributed by atoms with E-state index in [0.717, 1.165) is 6.08 Å². The van der Waals surface area contributed by atoms with Crippen LogP contribution in [0.15, 0.2) is 24.3 Å². The molecule has 5 heteroatoms. The molecule has 0 saturated heterocycles. The summed E-state index contributed by atoms with van der Waals surface area (Å²) in [6.07, 6.45) is 2.37. The molecule has 2 N–H and O–H groups in total. The van der Waals surface area contributed by atoms with Crippen molar-refractivity contribution < 1.29 is 19.4 Å². The van der Waals surface area contributed by atoms with Crippen LogP contribution in [-0.4, -0.2) is 31.1 Å². The molecule has 0 saturated carbocycles. The van der Waals surface area contributed by atoms with E-state index in [1.165, 1.54) is 20.2 Å². The fraction of sp³-hybridized carbons (Fsp3) is 0.167. The molecule has 0 radical (unpaired) electrons. The van der Waals surface area contributed by atoms with Crippen molar-refractivity contribution in [2.75, 3.05) is 14.2 Å². The molecule has 5 nitrogen and oxygen atoms in total. The Morgan fingerprint density at radius 1 is 1.41 bits per heavy atom. The van der Waals surface area contributed by atoms with Crippen molar-refractivity contribution in [3.05, 3.63) is 35.4 Å². The molecule has 0 aliphatic carbocycles. The first-order valence-corrected chi connectivity index (χ1v) is 4.89. The van der Waals surface area contributed by atoms with Crippen molar-refractivity contribution in [2.24, 2.45) is 0 Å². The Bertz CT molecular complexity index is 466. The van der Waals surface area contributed by atoms with E-state index < -0.39 is 5.97 Å². The smallest absolute Gasteiger partial charge is 0.328 e. The number of hydrogen-bond donors (Lipinski definition) is 2. The number of hydrogen-bond acceptors (Lipinski definition) is 3. The number of carboxylic acid groups (broad SMARTS) is 1. The molecular weight excluding hydrogens is 222 g/mol. The Labute approximate surface area is 98.7 Å². The Balaban J connectivity index is 3.15. The molecule has 17 heavy (non-hydrogen) atoms. The number of carbonyl (C=O) groups is 2. The lowest BCUT2D eigenvalue weighted by Crippen LogP contribution is -2.17. The third-order valence-electron chi connectivity index (χ3n) is 2.12. The van der Waals surface area contributed by atoms with E-state index in [2.05, 4.69) is 5.32 Å². The van der Waals surface area contributed by atoms with Crippen molar-refractivity contribution in [2.45, 2.75) is 0 Å². The van der Waals surface area contributed by atoms with Gasteiger partial charge in [-0.3, -0.25) is 4.79 Å². The molecule has 90 valence electrons. The molecule has 0 unspecified atom stereocenters. The number of nitrogens with one attached hydrogen (secondary N) is 1. The van der Waals surface area contributed by atoms with Crippen LogP contribution in [-0.2, 0) is 4.79 Å². The van der Waals surface area contributed by atoms with Crippen molar-refractivity contribution in [3.8, 4) is 5.75 Å². The number of ether oxygens (including phenoxy) is 1. The lowest BCUT2D eigenvalue weighted by molar-refractivity contribution is -0.131. The second-order valence-corrected chi connectivity index (χ2v) is 3.21. The molecule has 0 fully saturated rings. The van der Waals surface area contributed by atoms with Crippen LogP contribution in [0.25, 0.3) is 6.08 Å². The fourth-order valence-corrected chi connectivity index (χ4v) is 1.31. The van der Waals surface area contributed by atoms with E-state index >= 15 is 0 Å². The van der Waals surface area contributed by atoms with Crippen LogP contribution in [0.4, 0.5) is 0 Å². The lowest BCUT2D eigenvalue weighted by Gasteiger charge is -2.06. The van der Waals surface area contributed by atoms with Crippen LogP contribution < -0.4 is 10.1 Å². The zero-order valence-electron chi connectivity index (χ0n) is 9.56. The lowest BCUT2D eigenvalue weighted by atomic mass is 10.1. The number of carbonyl (C=O) groups excluding carboxylic acids is 1. The molecule has 1 aromatic carbocycles. The van der Waals surface area contributed by atoms with E-state index in [4.69, 9.17) is 9.84 Å². The maximum absolute atomic E-state index is 11.4. The summed E-state index contributed by atoms with van der Waals surface area (Å²) in [5.74, 6) is -0.787. The Morgan fingerprint density at radius 2 is 2.12 bits per heavy atom. The van der Waals surface area contributed by atoms with Crippen LogP contribution in [0.2, 0.25) is 0 Å². The van der Waals surface area contributed by atoms with Gasteiger partial charge in [-0.2, -0.15) is 0 Å². The van der Waals surface area contributed by atoms with Gasteiger partial charge in [0.1, 0.15) is 5.75 Å². The summed E-state index contributed by atoms with van der Waals surface area (Å²) in [6.45, 7) is 0. The van der Waals surface area contributed by atoms with Crippen molar-refractivity contribution in [3.63, 3.8) is 0 Å². The van der Waals surface area contributed by atoms with Gasteiger partial charge in [0.05, 0.1) is 7.11 Å². The van der Waals surface area contributed by atoms with Crippen molar-refractivity contribution in [1.29, 1.82) is 0 Å². The maximum Gasteiger partial charge on any atom is 0.328 e. The summed E-state index contributed by atoms with van der Waals surface area (Å²) >= 11 is 0. The van der Waals surface area contributed by atoms with E-state index in [1.807, 2.05) is 0 Å². The van der Waals surface area contributed by atoms with E-state index in [9.17, 15) is 9.59 Å². The number of benzene rings is 1. The second kappa shape index (κ2) is 5.69. The van der Waals surface area contributed by atoms with Gasteiger partial charge in [-0.25, -0.2) is 4.79 Å². The van der Waals surface area contributed by atoms with Gasteiger partial charge in [-0.1, -0.05) is 0 Å². The fourth-order valence-electron chi connectivity index (χ4n) is 1.31. The van der Waals surface area contributed by atoms with Gasteiger partial charge in [0.15, 0.2) is 0 Å². The number of rotatable bonds is 4. The SMILES string of the molecule is CNC(=O)c1ccc(OC)c(C=CC(=O)O)c1. The summed E-state index contributed by atoms with van der Waals surface area (Å²) in [5, 5.41) is 11.0. The first-order chi connectivity index (χ1) is 8.08. The molecule has 1 rings (SSSR count). The normalized spacial score (nSPS) is 10.2. The second-order valence-electron chi connectivity index (χ2n) is 3.21. The van der Waals surface area contributed by atoms with Crippen LogP contribution in [0, 0.1) is 0 Å². The molecule has 0 heterocycles. The number of aliphatic carboxylic acids is 1. The van der Waals surface area contributed by atoms with Crippen LogP contribution >= 0.6 is 0 Å². The van der Waals surface area contributed by atoms with Gasteiger partial charge in [-0.15, -0.1) is 0 Å². The van der Waals surface area contributed by atoms with Gasteiger partial charge in [0, 0.05) is 24.3 Å². The first-order valence-electron chi connectivity index (χ1n) is 4.89. The summed E-state index contributed by atoms with van der Waals surface area (Å²) < 4.78 is 5.07. The highest BCUT2D eigenvalue weighted by Gasteiger charge is 2.07. The van der Waals surface area contributed by atoms with Gasteiger partial charge in [0.25, 0.3) is 5.91 Å². The minimum atomic E-state index is -1.06. The summed E-state index contributed by atoms with van der Waals surface area (Å²) in [6, 6.07) is 4.79. The zero-order chi connectivity index (χ0) is 12.8. The maximum atomic E-state index is 11.4. The van der Waals surface area contributed by atoms with Gasteiger partial charge < -0.3 is 15.2 Å². The van der Waals surface area contributed by atoms with E-state index in [0.29, 0.717) is 16.9 Å². The predicted molar refractivity (Wildman–Crippen MR) is 63.1 cm³/mol. The highest BCUT2D eigenvalue weighted by molar-refractivity contribution is 5.95. The van der Waals surface area contributed by atoms with Crippen molar-refractivity contribution >= 4 is 18.0 Å². The molecule has 1 amide bonds. The van der Waals surface area contributed by atoms with Gasteiger partial charge in [-0.05, 0) is 24.3 Å². The molecule has 0 aliphatic rings. The monoisotopic (exact) mass is 235 g/mol. The highest BCUT2D eigenvalue weighted by Crippen LogP contribution is 2.21. The average molecular weight is 235 g/mol. The molecule has 0 spiro atoms. The van der Waals surface area contributed by atoms with Crippen LogP contribution in [0.1, 0.15) is 15.9 Å². The minimum Gasteiger partial charge on any atom is -0.496 e. The first kappa shape index (κ1) is 12.8. The van der Waals surface area contributed by atoms with E-state index in [1.54, 1.807) is 18.2 Å². The third-order valence-corrected chi connectivity index (χ3v) is 2.12. The molecule has 0 aliphatic heterocycles. The molecule has 0 aromatic heterocycles. The number of methoxy groups -OCH3 is 1. The molecular formula is C12H13NO4. The average Bonchev–Trinajstić information content (AvgIpc) is 2.34. The molecule has 1 aromatic rings.